The first kappa shape index (κ1) is 13.8. The van der Waals surface area contributed by atoms with Gasteiger partial charge in [-0.2, -0.15) is 0 Å². The zero-order chi connectivity index (χ0) is 13.2. The summed E-state index contributed by atoms with van der Waals surface area (Å²) in [4.78, 5) is 5.46. The monoisotopic (exact) mass is 265 g/mol. The van der Waals surface area contributed by atoms with Crippen LogP contribution in [0.2, 0.25) is 0 Å². The van der Waals surface area contributed by atoms with E-state index in [1.807, 2.05) is 0 Å². The van der Waals surface area contributed by atoms with Crippen LogP contribution in [0.3, 0.4) is 0 Å². The standard InChI is InChI=1S/C16H31N3/c1-3-8-17-13-10-14-5-4-6-15(11-13)19(14)16-7-9-18(2)12-16/h13-17H,3-12H2,1-2H3. The number of likely N-dealkylation sites (tertiary alicyclic amines) is 1. The lowest BCUT2D eigenvalue weighted by Gasteiger charge is -2.51. The van der Waals surface area contributed by atoms with Crippen molar-refractivity contribution in [3.8, 4) is 0 Å². The lowest BCUT2D eigenvalue weighted by atomic mass is 9.80. The van der Waals surface area contributed by atoms with Crippen LogP contribution in [0, 0.1) is 0 Å². The Morgan fingerprint density at radius 3 is 2.37 bits per heavy atom. The number of rotatable bonds is 4. The van der Waals surface area contributed by atoms with Gasteiger partial charge in [0, 0.05) is 30.7 Å². The zero-order valence-electron chi connectivity index (χ0n) is 12.8. The molecule has 0 aromatic carbocycles. The van der Waals surface area contributed by atoms with E-state index in [1.54, 1.807) is 0 Å². The van der Waals surface area contributed by atoms with Gasteiger partial charge in [-0.05, 0) is 58.7 Å². The Labute approximate surface area is 118 Å². The third-order valence-corrected chi connectivity index (χ3v) is 5.50. The number of nitrogens with one attached hydrogen (secondary N) is 1. The smallest absolute Gasteiger partial charge is 0.0241 e. The van der Waals surface area contributed by atoms with E-state index in [-0.39, 0.29) is 0 Å². The fourth-order valence-corrected chi connectivity index (χ4v) is 4.68. The summed E-state index contributed by atoms with van der Waals surface area (Å²) in [6.07, 6.45) is 9.82. The van der Waals surface area contributed by atoms with Gasteiger partial charge in [-0.1, -0.05) is 13.3 Å². The highest BCUT2D eigenvalue weighted by Crippen LogP contribution is 2.37. The molecule has 19 heavy (non-hydrogen) atoms. The van der Waals surface area contributed by atoms with E-state index < -0.39 is 0 Å². The predicted octanol–water partition coefficient (Wildman–Crippen LogP) is 2.08. The number of likely N-dealkylation sites (N-methyl/N-ethyl adjacent to an activating group) is 1. The highest BCUT2D eigenvalue weighted by Gasteiger charge is 2.42. The molecule has 110 valence electrons. The maximum Gasteiger partial charge on any atom is 0.0241 e. The summed E-state index contributed by atoms with van der Waals surface area (Å²) in [5.41, 5.74) is 0. The van der Waals surface area contributed by atoms with Crippen molar-refractivity contribution in [1.29, 1.82) is 0 Å². The van der Waals surface area contributed by atoms with Crippen molar-refractivity contribution in [2.75, 3.05) is 26.7 Å². The molecule has 3 heteroatoms. The molecule has 3 nitrogen and oxygen atoms in total. The molecule has 0 aromatic rings. The maximum atomic E-state index is 3.78. The zero-order valence-corrected chi connectivity index (χ0v) is 12.8. The highest BCUT2D eigenvalue weighted by atomic mass is 15.3. The minimum Gasteiger partial charge on any atom is -0.314 e. The molecular formula is C16H31N3. The van der Waals surface area contributed by atoms with Gasteiger partial charge in [0.1, 0.15) is 0 Å². The van der Waals surface area contributed by atoms with E-state index >= 15 is 0 Å². The second kappa shape index (κ2) is 6.11. The Kier molecular flexibility index (Phi) is 4.45. The summed E-state index contributed by atoms with van der Waals surface area (Å²) in [5.74, 6) is 0. The number of hydrogen-bond donors (Lipinski definition) is 1. The molecule has 3 aliphatic heterocycles. The highest BCUT2D eigenvalue weighted by molar-refractivity contribution is 4.99. The number of fused-ring (bicyclic) bond motifs is 2. The van der Waals surface area contributed by atoms with Crippen LogP contribution in [-0.2, 0) is 0 Å². The number of nitrogens with zero attached hydrogens (tertiary/aromatic N) is 2. The molecule has 3 heterocycles. The van der Waals surface area contributed by atoms with Gasteiger partial charge >= 0.3 is 0 Å². The summed E-state index contributed by atoms with van der Waals surface area (Å²) in [5, 5.41) is 3.78. The predicted molar refractivity (Wildman–Crippen MR) is 80.5 cm³/mol. The average Bonchev–Trinajstić information content (AvgIpc) is 2.81. The van der Waals surface area contributed by atoms with Crippen LogP contribution < -0.4 is 5.32 Å². The van der Waals surface area contributed by atoms with Crippen LogP contribution in [0.5, 0.6) is 0 Å². The first-order valence-electron chi connectivity index (χ1n) is 8.47. The molecule has 0 saturated carbocycles. The molecule has 2 bridgehead atoms. The van der Waals surface area contributed by atoms with E-state index in [4.69, 9.17) is 0 Å². The summed E-state index contributed by atoms with van der Waals surface area (Å²) < 4.78 is 0. The molecule has 3 unspecified atom stereocenters. The van der Waals surface area contributed by atoms with Crippen molar-refractivity contribution in [2.24, 2.45) is 0 Å². The number of hydrogen-bond acceptors (Lipinski definition) is 3. The molecule has 0 radical (unpaired) electrons. The van der Waals surface area contributed by atoms with Gasteiger partial charge < -0.3 is 10.2 Å². The van der Waals surface area contributed by atoms with E-state index in [1.165, 1.54) is 64.6 Å². The molecular weight excluding hydrogens is 234 g/mol. The Morgan fingerprint density at radius 2 is 1.79 bits per heavy atom. The fourth-order valence-electron chi connectivity index (χ4n) is 4.68. The van der Waals surface area contributed by atoms with Crippen molar-refractivity contribution in [2.45, 2.75) is 76.0 Å². The van der Waals surface area contributed by atoms with E-state index in [9.17, 15) is 0 Å². The summed E-state index contributed by atoms with van der Waals surface area (Å²) >= 11 is 0. The average molecular weight is 265 g/mol. The molecule has 3 atom stereocenters. The molecule has 3 aliphatic rings. The summed E-state index contributed by atoms with van der Waals surface area (Å²) in [6.45, 7) is 6.09. The topological polar surface area (TPSA) is 18.5 Å². The Hall–Kier alpha value is -0.120. The van der Waals surface area contributed by atoms with Crippen LogP contribution >= 0.6 is 0 Å². The van der Waals surface area contributed by atoms with E-state index in [0.29, 0.717) is 0 Å². The third-order valence-electron chi connectivity index (χ3n) is 5.50. The molecule has 3 fully saturated rings. The second-order valence-electron chi connectivity index (χ2n) is 7.01. The van der Waals surface area contributed by atoms with Gasteiger partial charge in [0.05, 0.1) is 0 Å². The summed E-state index contributed by atoms with van der Waals surface area (Å²) in [6, 6.07) is 3.40. The van der Waals surface area contributed by atoms with Crippen molar-refractivity contribution in [1.82, 2.24) is 15.1 Å². The van der Waals surface area contributed by atoms with Gasteiger partial charge in [-0.3, -0.25) is 4.90 Å². The second-order valence-corrected chi connectivity index (χ2v) is 7.01. The molecule has 0 amide bonds. The van der Waals surface area contributed by atoms with Crippen molar-refractivity contribution in [3.63, 3.8) is 0 Å². The molecule has 0 spiro atoms. The largest absolute Gasteiger partial charge is 0.314 e. The van der Waals surface area contributed by atoms with Gasteiger partial charge in [0.15, 0.2) is 0 Å². The quantitative estimate of drug-likeness (QED) is 0.839. The lowest BCUT2D eigenvalue weighted by Crippen LogP contribution is -2.60. The first-order chi connectivity index (χ1) is 9.28. The van der Waals surface area contributed by atoms with Crippen LogP contribution in [-0.4, -0.2) is 60.6 Å². The van der Waals surface area contributed by atoms with Crippen LogP contribution in [0.4, 0.5) is 0 Å². The SMILES string of the molecule is CCCNC1CC2CCCC(C1)N2C1CCN(C)C1. The Bertz CT molecular complexity index is 280. The van der Waals surface area contributed by atoms with E-state index in [2.05, 4.69) is 29.1 Å². The molecule has 3 saturated heterocycles. The van der Waals surface area contributed by atoms with Crippen LogP contribution in [0.15, 0.2) is 0 Å². The van der Waals surface area contributed by atoms with Gasteiger partial charge in [-0.15, -0.1) is 0 Å². The number of piperidine rings is 2. The molecule has 3 rings (SSSR count). The van der Waals surface area contributed by atoms with Gasteiger partial charge in [-0.25, -0.2) is 0 Å². The van der Waals surface area contributed by atoms with Crippen molar-refractivity contribution in [3.05, 3.63) is 0 Å². The normalized spacial score (nSPS) is 40.7. The van der Waals surface area contributed by atoms with Crippen LogP contribution in [0.1, 0.15) is 51.9 Å². The molecule has 1 N–H and O–H groups in total. The summed E-state index contributed by atoms with van der Waals surface area (Å²) in [7, 11) is 2.28. The fraction of sp³-hybridized carbons (Fsp3) is 1.00. The maximum absolute atomic E-state index is 3.78. The third kappa shape index (κ3) is 2.98. The van der Waals surface area contributed by atoms with Gasteiger partial charge in [0.2, 0.25) is 0 Å². The van der Waals surface area contributed by atoms with E-state index in [0.717, 1.165) is 24.2 Å². The van der Waals surface area contributed by atoms with Crippen LogP contribution in [0.25, 0.3) is 0 Å². The molecule has 0 aliphatic carbocycles. The Morgan fingerprint density at radius 1 is 1.05 bits per heavy atom. The molecule has 0 aromatic heterocycles. The Balaban J connectivity index is 1.63. The first-order valence-corrected chi connectivity index (χ1v) is 8.47. The minimum absolute atomic E-state index is 0.797. The lowest BCUT2D eigenvalue weighted by molar-refractivity contribution is -0.00715. The van der Waals surface area contributed by atoms with Crippen molar-refractivity contribution < 1.29 is 0 Å². The minimum atomic E-state index is 0.797. The van der Waals surface area contributed by atoms with Gasteiger partial charge in [0.25, 0.3) is 0 Å². The van der Waals surface area contributed by atoms with Crippen molar-refractivity contribution >= 4 is 0 Å².